The second-order valence-corrected chi connectivity index (χ2v) is 5.50. The van der Waals surface area contributed by atoms with E-state index in [0.717, 1.165) is 0 Å². The Labute approximate surface area is 105 Å². The molecule has 3 rings (SSSR count). The minimum Gasteiger partial charge on any atom is -0.0804 e. The summed E-state index contributed by atoms with van der Waals surface area (Å²) in [5, 5.41) is 0. The summed E-state index contributed by atoms with van der Waals surface area (Å²) in [7, 11) is 0. The molecule has 0 aromatic rings. The van der Waals surface area contributed by atoms with Crippen molar-refractivity contribution >= 4 is 0 Å². The van der Waals surface area contributed by atoms with Crippen LogP contribution in [0.5, 0.6) is 0 Å². The molecule has 90 valence electrons. The molecular formula is C17H22. The Bertz CT molecular complexity index is 429. The predicted octanol–water partition coefficient (Wildman–Crippen LogP) is 5.10. The number of hydrogen-bond donors (Lipinski definition) is 0. The molecule has 0 nitrogen and oxygen atoms in total. The molecule has 0 amide bonds. The standard InChI is InChI=1S/C17H22/c1-2-3-4-9-15-14-10-11-16(15)17(12-14)13-7-5-6-8-13/h5-7,12,17H,2-4,8-11H2,1H3. The lowest BCUT2D eigenvalue weighted by atomic mass is 9.88. The molecule has 0 aliphatic heterocycles. The van der Waals surface area contributed by atoms with Gasteiger partial charge in [-0.3, -0.25) is 0 Å². The summed E-state index contributed by atoms with van der Waals surface area (Å²) in [5.41, 5.74) is 6.83. The molecule has 0 fully saturated rings. The van der Waals surface area contributed by atoms with Crippen LogP contribution < -0.4 is 0 Å². The highest BCUT2D eigenvalue weighted by Crippen LogP contribution is 2.48. The van der Waals surface area contributed by atoms with Crippen LogP contribution in [0.15, 0.2) is 46.6 Å². The zero-order valence-corrected chi connectivity index (χ0v) is 10.8. The van der Waals surface area contributed by atoms with Crippen molar-refractivity contribution in [3.63, 3.8) is 0 Å². The van der Waals surface area contributed by atoms with E-state index in [1.54, 1.807) is 22.3 Å². The number of hydrogen-bond acceptors (Lipinski definition) is 0. The summed E-state index contributed by atoms with van der Waals surface area (Å²) >= 11 is 0. The first-order valence-electron chi connectivity index (χ1n) is 7.18. The molecule has 2 bridgehead atoms. The Morgan fingerprint density at radius 3 is 2.94 bits per heavy atom. The lowest BCUT2D eigenvalue weighted by Crippen LogP contribution is -2.03. The van der Waals surface area contributed by atoms with Crippen molar-refractivity contribution in [2.75, 3.05) is 0 Å². The van der Waals surface area contributed by atoms with Crippen molar-refractivity contribution in [2.45, 2.75) is 51.9 Å². The first-order valence-corrected chi connectivity index (χ1v) is 7.18. The minimum absolute atomic E-state index is 0.686. The van der Waals surface area contributed by atoms with Gasteiger partial charge in [0.05, 0.1) is 0 Å². The van der Waals surface area contributed by atoms with Gasteiger partial charge in [0.1, 0.15) is 0 Å². The van der Waals surface area contributed by atoms with Crippen molar-refractivity contribution in [2.24, 2.45) is 5.92 Å². The molecule has 0 aromatic carbocycles. The molecule has 3 aliphatic rings. The van der Waals surface area contributed by atoms with E-state index in [9.17, 15) is 0 Å². The van der Waals surface area contributed by atoms with Gasteiger partial charge in [0.25, 0.3) is 0 Å². The highest BCUT2D eigenvalue weighted by molar-refractivity contribution is 5.54. The molecule has 0 saturated heterocycles. The van der Waals surface area contributed by atoms with E-state index in [0.29, 0.717) is 5.92 Å². The van der Waals surface area contributed by atoms with Crippen LogP contribution in [0.25, 0.3) is 0 Å². The monoisotopic (exact) mass is 226 g/mol. The van der Waals surface area contributed by atoms with Crippen molar-refractivity contribution in [3.05, 3.63) is 46.6 Å². The van der Waals surface area contributed by atoms with Gasteiger partial charge in [0, 0.05) is 5.92 Å². The Balaban J connectivity index is 1.74. The number of unbranched alkanes of at least 4 members (excludes halogenated alkanes) is 2. The van der Waals surface area contributed by atoms with Crippen molar-refractivity contribution in [1.82, 2.24) is 0 Å². The van der Waals surface area contributed by atoms with Crippen LogP contribution in [0.3, 0.4) is 0 Å². The summed E-state index contributed by atoms with van der Waals surface area (Å²) in [6.45, 7) is 2.29. The number of allylic oxidation sites excluding steroid dienone is 8. The van der Waals surface area contributed by atoms with Gasteiger partial charge in [-0.2, -0.15) is 0 Å². The minimum atomic E-state index is 0.686. The molecular weight excluding hydrogens is 204 g/mol. The van der Waals surface area contributed by atoms with Crippen LogP contribution in [0.2, 0.25) is 0 Å². The van der Waals surface area contributed by atoms with Gasteiger partial charge >= 0.3 is 0 Å². The topological polar surface area (TPSA) is 0 Å². The van der Waals surface area contributed by atoms with E-state index in [1.165, 1.54) is 44.9 Å². The molecule has 0 spiro atoms. The van der Waals surface area contributed by atoms with E-state index in [1.807, 2.05) is 0 Å². The first kappa shape index (κ1) is 11.1. The van der Waals surface area contributed by atoms with Crippen LogP contribution in [0.4, 0.5) is 0 Å². The highest BCUT2D eigenvalue weighted by atomic mass is 14.4. The van der Waals surface area contributed by atoms with Gasteiger partial charge in [-0.15, -0.1) is 0 Å². The van der Waals surface area contributed by atoms with E-state index < -0.39 is 0 Å². The van der Waals surface area contributed by atoms with E-state index in [4.69, 9.17) is 0 Å². The maximum atomic E-state index is 2.55. The molecule has 0 heterocycles. The molecule has 0 heteroatoms. The Kier molecular flexibility index (Phi) is 3.05. The molecule has 0 N–H and O–H groups in total. The van der Waals surface area contributed by atoms with Gasteiger partial charge in [-0.25, -0.2) is 0 Å². The zero-order chi connectivity index (χ0) is 11.7. The molecule has 1 atom stereocenters. The maximum absolute atomic E-state index is 2.55. The smallest absolute Gasteiger partial charge is 0.0205 e. The van der Waals surface area contributed by atoms with Crippen molar-refractivity contribution < 1.29 is 0 Å². The third-order valence-corrected chi connectivity index (χ3v) is 4.41. The van der Waals surface area contributed by atoms with Crippen LogP contribution in [-0.2, 0) is 0 Å². The summed E-state index contributed by atoms with van der Waals surface area (Å²) < 4.78 is 0. The second kappa shape index (κ2) is 4.68. The average molecular weight is 226 g/mol. The fourth-order valence-corrected chi connectivity index (χ4v) is 3.50. The third-order valence-electron chi connectivity index (χ3n) is 4.41. The SMILES string of the molecule is CCCCCC1=C2CCC1=CC2C1=CC=CC1. The average Bonchev–Trinajstić information content (AvgIpc) is 3.04. The maximum Gasteiger partial charge on any atom is 0.0205 e. The van der Waals surface area contributed by atoms with E-state index in [2.05, 4.69) is 31.2 Å². The van der Waals surface area contributed by atoms with Gasteiger partial charge in [-0.1, -0.05) is 55.2 Å². The summed E-state index contributed by atoms with van der Waals surface area (Å²) in [4.78, 5) is 0. The summed E-state index contributed by atoms with van der Waals surface area (Å²) in [5.74, 6) is 0.686. The van der Waals surface area contributed by atoms with Crippen LogP contribution >= 0.6 is 0 Å². The van der Waals surface area contributed by atoms with Gasteiger partial charge in [-0.05, 0) is 43.3 Å². The van der Waals surface area contributed by atoms with Crippen molar-refractivity contribution in [1.29, 1.82) is 0 Å². The molecule has 3 aliphatic carbocycles. The lowest BCUT2D eigenvalue weighted by molar-refractivity contribution is 0.714. The third kappa shape index (κ3) is 1.94. The molecule has 17 heavy (non-hydrogen) atoms. The van der Waals surface area contributed by atoms with Crippen LogP contribution in [-0.4, -0.2) is 0 Å². The predicted molar refractivity (Wildman–Crippen MR) is 73.8 cm³/mol. The second-order valence-electron chi connectivity index (χ2n) is 5.50. The molecule has 0 aromatic heterocycles. The quantitative estimate of drug-likeness (QED) is 0.572. The summed E-state index contributed by atoms with van der Waals surface area (Å²) in [6.07, 6.45) is 18.7. The Morgan fingerprint density at radius 2 is 2.18 bits per heavy atom. The summed E-state index contributed by atoms with van der Waals surface area (Å²) in [6, 6.07) is 0. The lowest BCUT2D eigenvalue weighted by Gasteiger charge is -2.16. The van der Waals surface area contributed by atoms with E-state index >= 15 is 0 Å². The molecule has 0 saturated carbocycles. The fraction of sp³-hybridized carbons (Fsp3) is 0.529. The Hall–Kier alpha value is -1.04. The van der Waals surface area contributed by atoms with Gasteiger partial charge in [0.2, 0.25) is 0 Å². The fourth-order valence-electron chi connectivity index (χ4n) is 3.50. The number of rotatable bonds is 5. The first-order chi connectivity index (χ1) is 8.40. The van der Waals surface area contributed by atoms with Crippen LogP contribution in [0.1, 0.15) is 51.9 Å². The number of fused-ring (bicyclic) bond motifs is 1. The van der Waals surface area contributed by atoms with Crippen LogP contribution in [0, 0.1) is 5.92 Å². The highest BCUT2D eigenvalue weighted by Gasteiger charge is 2.32. The van der Waals surface area contributed by atoms with Crippen molar-refractivity contribution in [3.8, 4) is 0 Å². The molecule has 0 radical (unpaired) electrons. The van der Waals surface area contributed by atoms with E-state index in [-0.39, 0.29) is 0 Å². The zero-order valence-electron chi connectivity index (χ0n) is 10.8. The normalized spacial score (nSPS) is 25.8. The van der Waals surface area contributed by atoms with Gasteiger partial charge < -0.3 is 0 Å². The molecule has 1 unspecified atom stereocenters. The largest absolute Gasteiger partial charge is 0.0804 e. The van der Waals surface area contributed by atoms with Gasteiger partial charge in [0.15, 0.2) is 0 Å². The Morgan fingerprint density at radius 1 is 1.24 bits per heavy atom.